The number of carbonyl (C=O) groups is 1. The Kier molecular flexibility index (Phi) is 8.31. The number of carboxylic acid groups (broad SMARTS) is 1. The normalized spacial score (nSPS) is 9.52. The third-order valence-corrected chi connectivity index (χ3v) is 2.29. The minimum atomic E-state index is -0.833. The molecule has 0 aliphatic carbocycles. The van der Waals surface area contributed by atoms with Gasteiger partial charge in [-0.05, 0) is 12.1 Å². The number of hydrogen-bond acceptors (Lipinski definition) is 5. The molecule has 5 N–H and O–H groups in total. The van der Waals surface area contributed by atoms with Gasteiger partial charge in [-0.1, -0.05) is 11.6 Å². The van der Waals surface area contributed by atoms with Crippen LogP contribution in [0.25, 0.3) is 0 Å². The zero-order valence-electron chi connectivity index (χ0n) is 11.8. The molecule has 8 nitrogen and oxygen atoms in total. The van der Waals surface area contributed by atoms with E-state index in [4.69, 9.17) is 42.1 Å². The van der Waals surface area contributed by atoms with Crippen molar-refractivity contribution >= 4 is 29.7 Å². The van der Waals surface area contributed by atoms with Gasteiger partial charge in [0.2, 0.25) is 5.96 Å². The average Bonchev–Trinajstić information content (AvgIpc) is 2.39. The van der Waals surface area contributed by atoms with E-state index in [0.29, 0.717) is 22.1 Å². The number of guanidine groups is 1. The predicted octanol–water partition coefficient (Wildman–Crippen LogP) is 1.27. The quantitative estimate of drug-likeness (QED) is 0.376. The number of hydrogen-bond donors (Lipinski definition) is 4. The summed E-state index contributed by atoms with van der Waals surface area (Å²) in [5, 5.41) is 18.5. The third-order valence-electron chi connectivity index (χ3n) is 1.90. The summed E-state index contributed by atoms with van der Waals surface area (Å²) in [4.78, 5) is 9.00. The molecule has 0 saturated heterocycles. The molecule has 0 aliphatic rings. The maximum atomic E-state index is 9.00. The first-order chi connectivity index (χ1) is 9.83. The molecule has 0 atom stereocenters. The Bertz CT molecular complexity index is 530. The molecule has 0 aromatic heterocycles. The van der Waals surface area contributed by atoms with E-state index in [9.17, 15) is 0 Å². The number of rotatable bonds is 4. The second-order valence-electron chi connectivity index (χ2n) is 3.51. The lowest BCUT2D eigenvalue weighted by atomic mass is 10.2. The Labute approximate surface area is 127 Å². The first-order valence-corrected chi connectivity index (χ1v) is 5.94. The fourth-order valence-electron chi connectivity index (χ4n) is 1.18. The van der Waals surface area contributed by atoms with E-state index >= 15 is 0 Å². The van der Waals surface area contributed by atoms with Gasteiger partial charge in [-0.2, -0.15) is 5.10 Å². The van der Waals surface area contributed by atoms with Crippen LogP contribution in [-0.2, 0) is 4.79 Å². The minimum absolute atomic E-state index is 0.252. The van der Waals surface area contributed by atoms with E-state index in [2.05, 4.69) is 10.5 Å². The number of nitrogens with one attached hydrogen (secondary N) is 2. The maximum absolute atomic E-state index is 9.00. The zero-order valence-corrected chi connectivity index (χ0v) is 12.6. The molecule has 116 valence electrons. The third kappa shape index (κ3) is 7.02. The van der Waals surface area contributed by atoms with E-state index in [1.807, 2.05) is 0 Å². The first kappa shape index (κ1) is 18.5. The Balaban J connectivity index is 0.000000885. The van der Waals surface area contributed by atoms with Gasteiger partial charge in [0.1, 0.15) is 0 Å². The molecule has 0 heterocycles. The standard InChI is InChI=1S/C10H13ClN4O2.C2H4O2/c1-16-7-4-3-6(5-14-15-10(12)13)8(11)9(7)17-2;1-2(3)4/h3-5H,1-2H3,(H4,12,13,15);1H3,(H,3,4)/b14-5+;. The van der Waals surface area contributed by atoms with Crippen LogP contribution in [0.15, 0.2) is 17.2 Å². The highest BCUT2D eigenvalue weighted by Crippen LogP contribution is 2.36. The highest BCUT2D eigenvalue weighted by molar-refractivity contribution is 6.34. The van der Waals surface area contributed by atoms with Crippen LogP contribution in [0.2, 0.25) is 5.02 Å². The lowest BCUT2D eigenvalue weighted by Gasteiger charge is -2.10. The second-order valence-corrected chi connectivity index (χ2v) is 3.88. The lowest BCUT2D eigenvalue weighted by Crippen LogP contribution is -2.25. The average molecular weight is 317 g/mol. The molecular weight excluding hydrogens is 300 g/mol. The Morgan fingerprint density at radius 1 is 1.48 bits per heavy atom. The lowest BCUT2D eigenvalue weighted by molar-refractivity contribution is -0.134. The smallest absolute Gasteiger partial charge is 0.300 e. The van der Waals surface area contributed by atoms with Crippen LogP contribution < -0.4 is 20.6 Å². The number of nitrogens with two attached hydrogens (primary N) is 1. The molecule has 0 radical (unpaired) electrons. The summed E-state index contributed by atoms with van der Waals surface area (Å²) < 4.78 is 10.2. The van der Waals surface area contributed by atoms with Crippen LogP contribution in [0.3, 0.4) is 0 Å². The number of nitrogens with zero attached hydrogens (tertiary/aromatic N) is 1. The molecule has 9 heteroatoms. The first-order valence-electron chi connectivity index (χ1n) is 5.56. The molecule has 0 fully saturated rings. The number of methoxy groups -OCH3 is 2. The Hall–Kier alpha value is -2.48. The second kappa shape index (κ2) is 9.43. The summed E-state index contributed by atoms with van der Waals surface area (Å²) in [5.41, 5.74) is 7.99. The summed E-state index contributed by atoms with van der Waals surface area (Å²) >= 11 is 6.10. The van der Waals surface area contributed by atoms with E-state index < -0.39 is 5.97 Å². The van der Waals surface area contributed by atoms with Gasteiger partial charge in [-0.25, -0.2) is 5.43 Å². The molecule has 1 rings (SSSR count). The van der Waals surface area contributed by atoms with Gasteiger partial charge in [0.05, 0.1) is 25.5 Å². The van der Waals surface area contributed by atoms with Gasteiger partial charge in [-0.15, -0.1) is 0 Å². The number of ether oxygens (including phenoxy) is 2. The fourth-order valence-corrected chi connectivity index (χ4v) is 1.46. The number of hydrazone groups is 1. The van der Waals surface area contributed by atoms with Crippen molar-refractivity contribution in [3.8, 4) is 11.5 Å². The van der Waals surface area contributed by atoms with Crippen molar-refractivity contribution in [3.05, 3.63) is 22.7 Å². The molecule has 1 aromatic carbocycles. The molecule has 0 aliphatic heterocycles. The molecule has 0 amide bonds. The van der Waals surface area contributed by atoms with Gasteiger partial charge < -0.3 is 20.3 Å². The Morgan fingerprint density at radius 2 is 2.05 bits per heavy atom. The van der Waals surface area contributed by atoms with Crippen molar-refractivity contribution in [2.24, 2.45) is 10.8 Å². The van der Waals surface area contributed by atoms with Gasteiger partial charge in [-0.3, -0.25) is 10.2 Å². The van der Waals surface area contributed by atoms with Gasteiger partial charge >= 0.3 is 0 Å². The van der Waals surface area contributed by atoms with Crippen LogP contribution >= 0.6 is 11.6 Å². The molecule has 0 spiro atoms. The number of benzene rings is 1. The summed E-state index contributed by atoms with van der Waals surface area (Å²) in [5.74, 6) is -0.118. The van der Waals surface area contributed by atoms with E-state index in [-0.39, 0.29) is 5.96 Å². The molecule has 0 saturated carbocycles. The maximum Gasteiger partial charge on any atom is 0.300 e. The molecule has 1 aromatic rings. The van der Waals surface area contributed by atoms with Crippen molar-refractivity contribution in [2.75, 3.05) is 14.2 Å². The molecular formula is C12H17ClN4O4. The topological polar surface area (TPSA) is 130 Å². The van der Waals surface area contributed by atoms with Crippen molar-refractivity contribution in [2.45, 2.75) is 6.92 Å². The van der Waals surface area contributed by atoms with Crippen molar-refractivity contribution < 1.29 is 19.4 Å². The highest BCUT2D eigenvalue weighted by Gasteiger charge is 2.11. The van der Waals surface area contributed by atoms with Crippen LogP contribution in [0, 0.1) is 5.41 Å². The Morgan fingerprint density at radius 3 is 2.48 bits per heavy atom. The van der Waals surface area contributed by atoms with Gasteiger partial charge in [0, 0.05) is 12.5 Å². The van der Waals surface area contributed by atoms with Crippen LogP contribution in [0.5, 0.6) is 11.5 Å². The van der Waals surface area contributed by atoms with Gasteiger partial charge in [0.15, 0.2) is 11.5 Å². The van der Waals surface area contributed by atoms with Crippen LogP contribution in [-0.4, -0.2) is 37.5 Å². The minimum Gasteiger partial charge on any atom is -0.493 e. The van der Waals surface area contributed by atoms with Crippen LogP contribution in [0.1, 0.15) is 12.5 Å². The van der Waals surface area contributed by atoms with Crippen LogP contribution in [0.4, 0.5) is 0 Å². The predicted molar refractivity (Wildman–Crippen MR) is 80.5 cm³/mol. The zero-order chi connectivity index (χ0) is 16.4. The largest absolute Gasteiger partial charge is 0.493 e. The number of aliphatic carboxylic acids is 1. The van der Waals surface area contributed by atoms with Crippen molar-refractivity contribution in [1.82, 2.24) is 5.43 Å². The van der Waals surface area contributed by atoms with Crippen molar-refractivity contribution in [1.29, 1.82) is 5.41 Å². The van der Waals surface area contributed by atoms with E-state index in [0.717, 1.165) is 6.92 Å². The van der Waals surface area contributed by atoms with Crippen molar-refractivity contribution in [3.63, 3.8) is 0 Å². The summed E-state index contributed by atoms with van der Waals surface area (Å²) in [7, 11) is 3.03. The summed E-state index contributed by atoms with van der Waals surface area (Å²) in [6.07, 6.45) is 1.44. The number of halogens is 1. The molecule has 21 heavy (non-hydrogen) atoms. The van der Waals surface area contributed by atoms with E-state index in [1.165, 1.54) is 20.4 Å². The summed E-state index contributed by atoms with van der Waals surface area (Å²) in [6.45, 7) is 1.08. The van der Waals surface area contributed by atoms with E-state index in [1.54, 1.807) is 12.1 Å². The monoisotopic (exact) mass is 316 g/mol. The fraction of sp³-hybridized carbons (Fsp3) is 0.250. The summed E-state index contributed by atoms with van der Waals surface area (Å²) in [6, 6.07) is 3.43. The molecule has 0 bridgehead atoms. The highest BCUT2D eigenvalue weighted by atomic mass is 35.5. The SMILES string of the molecule is CC(=O)O.COc1ccc(/C=N/NC(=N)N)c(Cl)c1OC. The number of carboxylic acids is 1. The molecule has 0 unspecified atom stereocenters. The van der Waals surface area contributed by atoms with Gasteiger partial charge in [0.25, 0.3) is 5.97 Å².